The maximum Gasteiger partial charge on any atom is 0.0820 e. The molecule has 0 bridgehead atoms. The van der Waals surface area contributed by atoms with Gasteiger partial charge in [-0.15, -0.1) is 0 Å². The van der Waals surface area contributed by atoms with Crippen molar-refractivity contribution >= 4 is 23.8 Å². The first-order chi connectivity index (χ1) is 13.5. The molecule has 1 aromatic heterocycles. The molecule has 0 N–H and O–H groups in total. The molecule has 0 saturated heterocycles. The number of pyridine rings is 1. The van der Waals surface area contributed by atoms with Crippen molar-refractivity contribution in [1.82, 2.24) is 4.98 Å². The minimum absolute atomic E-state index is 0.525. The third kappa shape index (κ3) is 5.46. The molecule has 0 aliphatic carbocycles. The topological polar surface area (TPSA) is 37.6 Å². The van der Waals surface area contributed by atoms with Crippen LogP contribution in [0.2, 0.25) is 0 Å². The van der Waals surface area contributed by atoms with Crippen LogP contribution in [0.15, 0.2) is 76.7 Å². The summed E-state index contributed by atoms with van der Waals surface area (Å²) < 4.78 is 0. The first kappa shape index (κ1) is 19.7. The van der Waals surface area contributed by atoms with Gasteiger partial charge in [0.2, 0.25) is 0 Å². The number of benzene rings is 2. The molecular weight excluding hydrogens is 342 g/mol. The lowest BCUT2D eigenvalue weighted by molar-refractivity contribution is 0.867. The van der Waals surface area contributed by atoms with E-state index in [2.05, 4.69) is 66.9 Å². The summed E-state index contributed by atoms with van der Waals surface area (Å²) in [5.41, 5.74) is 6.11. The second kappa shape index (κ2) is 9.23. The molecule has 0 spiro atoms. The highest BCUT2D eigenvalue weighted by atomic mass is 14.8. The van der Waals surface area contributed by atoms with Crippen LogP contribution in [0, 0.1) is 0 Å². The summed E-state index contributed by atoms with van der Waals surface area (Å²) in [4.78, 5) is 13.7. The van der Waals surface area contributed by atoms with Crippen LogP contribution >= 0.6 is 0 Å². The standard InChI is InChI=1S/C25H27N3/c1-18(2)20-8-12-22(13-9-20)26-16-24-6-5-7-25(28-24)17-27-23-14-10-21(11-15-23)19(3)4/h5-19H,1-4H3. The Morgan fingerprint density at radius 1 is 0.607 bits per heavy atom. The molecule has 0 atom stereocenters. The molecule has 0 saturated carbocycles. The van der Waals surface area contributed by atoms with Gasteiger partial charge in [0.15, 0.2) is 0 Å². The third-order valence-electron chi connectivity index (χ3n) is 4.60. The molecule has 2 aromatic carbocycles. The first-order valence-electron chi connectivity index (χ1n) is 9.76. The average molecular weight is 370 g/mol. The Labute approximate surface area is 167 Å². The van der Waals surface area contributed by atoms with E-state index in [1.165, 1.54) is 11.1 Å². The van der Waals surface area contributed by atoms with Crippen molar-refractivity contribution in [3.05, 3.63) is 89.2 Å². The fourth-order valence-corrected chi connectivity index (χ4v) is 2.78. The van der Waals surface area contributed by atoms with Crippen LogP contribution in [0.25, 0.3) is 0 Å². The lowest BCUT2D eigenvalue weighted by atomic mass is 10.0. The summed E-state index contributed by atoms with van der Waals surface area (Å²) in [7, 11) is 0. The van der Waals surface area contributed by atoms with Gasteiger partial charge >= 0.3 is 0 Å². The van der Waals surface area contributed by atoms with E-state index in [9.17, 15) is 0 Å². The summed E-state index contributed by atoms with van der Waals surface area (Å²) in [6, 6.07) is 22.5. The van der Waals surface area contributed by atoms with Crippen molar-refractivity contribution in [1.29, 1.82) is 0 Å². The van der Waals surface area contributed by atoms with Gasteiger partial charge in [0, 0.05) is 0 Å². The quantitative estimate of drug-likeness (QED) is 0.439. The van der Waals surface area contributed by atoms with Crippen LogP contribution in [0.1, 0.15) is 62.0 Å². The maximum absolute atomic E-state index is 4.60. The van der Waals surface area contributed by atoms with Gasteiger partial charge in [-0.3, -0.25) is 9.98 Å². The van der Waals surface area contributed by atoms with E-state index in [0.717, 1.165) is 22.8 Å². The molecule has 0 aliphatic rings. The van der Waals surface area contributed by atoms with Crippen LogP contribution in [0.5, 0.6) is 0 Å². The Hall–Kier alpha value is -3.07. The lowest BCUT2D eigenvalue weighted by Crippen LogP contribution is -1.93. The minimum Gasteiger partial charge on any atom is -0.255 e. The van der Waals surface area contributed by atoms with Gasteiger partial charge < -0.3 is 0 Å². The zero-order chi connectivity index (χ0) is 19.9. The van der Waals surface area contributed by atoms with Crippen LogP contribution in [0.3, 0.4) is 0 Å². The van der Waals surface area contributed by atoms with Gasteiger partial charge in [0.25, 0.3) is 0 Å². The molecule has 28 heavy (non-hydrogen) atoms. The number of hydrogen-bond donors (Lipinski definition) is 0. The van der Waals surface area contributed by atoms with Crippen LogP contribution in [-0.2, 0) is 0 Å². The molecule has 1 heterocycles. The summed E-state index contributed by atoms with van der Waals surface area (Å²) in [6.45, 7) is 8.75. The Balaban J connectivity index is 1.69. The van der Waals surface area contributed by atoms with E-state index in [4.69, 9.17) is 0 Å². The van der Waals surface area contributed by atoms with E-state index in [1.807, 2.05) is 42.5 Å². The molecule has 3 heteroatoms. The largest absolute Gasteiger partial charge is 0.255 e. The maximum atomic E-state index is 4.60. The summed E-state index contributed by atoms with van der Waals surface area (Å²) >= 11 is 0. The lowest BCUT2D eigenvalue weighted by Gasteiger charge is -2.04. The van der Waals surface area contributed by atoms with E-state index in [-0.39, 0.29) is 0 Å². The van der Waals surface area contributed by atoms with Gasteiger partial charge in [0.05, 0.1) is 35.2 Å². The molecule has 3 nitrogen and oxygen atoms in total. The molecule has 142 valence electrons. The summed E-state index contributed by atoms with van der Waals surface area (Å²) in [5.74, 6) is 1.05. The number of nitrogens with zero attached hydrogens (tertiary/aromatic N) is 3. The third-order valence-corrected chi connectivity index (χ3v) is 4.60. The Bertz CT molecular complexity index is 873. The number of aromatic nitrogens is 1. The monoisotopic (exact) mass is 369 g/mol. The second-order valence-electron chi connectivity index (χ2n) is 7.50. The fraction of sp³-hybridized carbons (Fsp3) is 0.240. The van der Waals surface area contributed by atoms with Crippen molar-refractivity contribution in [2.45, 2.75) is 39.5 Å². The Morgan fingerprint density at radius 3 is 1.36 bits per heavy atom. The van der Waals surface area contributed by atoms with Crippen molar-refractivity contribution < 1.29 is 0 Å². The van der Waals surface area contributed by atoms with E-state index in [1.54, 1.807) is 12.4 Å². The highest BCUT2D eigenvalue weighted by molar-refractivity contribution is 5.84. The van der Waals surface area contributed by atoms with Gasteiger partial charge in [-0.05, 0) is 59.4 Å². The SMILES string of the molecule is CC(C)c1ccc(N=Cc2cccc(C=Nc3ccc(C(C)C)cc3)n2)cc1. The van der Waals surface area contributed by atoms with E-state index < -0.39 is 0 Å². The van der Waals surface area contributed by atoms with Crippen molar-refractivity contribution in [2.75, 3.05) is 0 Å². The normalized spacial score (nSPS) is 11.9. The Morgan fingerprint density at radius 2 is 1.00 bits per heavy atom. The molecule has 0 unspecified atom stereocenters. The van der Waals surface area contributed by atoms with Crippen molar-refractivity contribution in [2.24, 2.45) is 9.98 Å². The summed E-state index contributed by atoms with van der Waals surface area (Å²) in [6.07, 6.45) is 3.58. The highest BCUT2D eigenvalue weighted by Crippen LogP contribution is 2.20. The van der Waals surface area contributed by atoms with E-state index >= 15 is 0 Å². The van der Waals surface area contributed by atoms with Crippen molar-refractivity contribution in [3.63, 3.8) is 0 Å². The molecule has 3 rings (SSSR count). The van der Waals surface area contributed by atoms with Crippen molar-refractivity contribution in [3.8, 4) is 0 Å². The summed E-state index contributed by atoms with van der Waals surface area (Å²) in [5, 5.41) is 0. The highest BCUT2D eigenvalue weighted by Gasteiger charge is 1.99. The van der Waals surface area contributed by atoms with Crippen LogP contribution in [0.4, 0.5) is 11.4 Å². The predicted octanol–water partition coefficient (Wildman–Crippen LogP) is 6.83. The Kier molecular flexibility index (Phi) is 6.49. The van der Waals surface area contributed by atoms with E-state index in [0.29, 0.717) is 11.8 Å². The van der Waals surface area contributed by atoms with Gasteiger partial charge in [-0.25, -0.2) is 4.98 Å². The zero-order valence-corrected chi connectivity index (χ0v) is 17.0. The van der Waals surface area contributed by atoms with Gasteiger partial charge in [-0.1, -0.05) is 58.0 Å². The number of hydrogen-bond acceptors (Lipinski definition) is 3. The molecule has 0 radical (unpaired) electrons. The molecule has 3 aromatic rings. The number of rotatable bonds is 6. The van der Waals surface area contributed by atoms with Gasteiger partial charge in [-0.2, -0.15) is 0 Å². The fourth-order valence-electron chi connectivity index (χ4n) is 2.78. The van der Waals surface area contributed by atoms with Crippen LogP contribution in [-0.4, -0.2) is 17.4 Å². The van der Waals surface area contributed by atoms with Gasteiger partial charge in [0.1, 0.15) is 0 Å². The molecular formula is C25H27N3. The molecule has 0 aliphatic heterocycles. The number of aliphatic imine (C=N–C) groups is 2. The predicted molar refractivity (Wildman–Crippen MR) is 120 cm³/mol. The molecule has 0 amide bonds. The zero-order valence-electron chi connectivity index (χ0n) is 17.0. The van der Waals surface area contributed by atoms with Crippen LogP contribution < -0.4 is 0 Å². The minimum atomic E-state index is 0.525. The average Bonchev–Trinajstić information content (AvgIpc) is 2.71. The smallest absolute Gasteiger partial charge is 0.0820 e. The molecule has 0 fully saturated rings. The first-order valence-corrected chi connectivity index (χ1v) is 9.76. The second-order valence-corrected chi connectivity index (χ2v) is 7.50.